The lowest BCUT2D eigenvalue weighted by Crippen LogP contribution is -2.33. The Morgan fingerprint density at radius 3 is 2.16 bits per heavy atom. The first-order chi connectivity index (χ1) is 18.0. The van der Waals surface area contributed by atoms with Crippen LogP contribution in [-0.4, -0.2) is 12.3 Å². The average Bonchev–Trinajstić information content (AvgIpc) is 2.91. The van der Waals surface area contributed by atoms with Crippen LogP contribution in [-0.2, 0) is 23.7 Å². The summed E-state index contributed by atoms with van der Waals surface area (Å²) in [6.45, 7) is 21.3. The van der Waals surface area contributed by atoms with Crippen LogP contribution in [0.4, 0.5) is 0 Å². The van der Waals surface area contributed by atoms with Crippen molar-refractivity contribution in [2.45, 2.75) is 104 Å². The van der Waals surface area contributed by atoms with Crippen molar-refractivity contribution in [3.63, 3.8) is 0 Å². The first-order valence-electron chi connectivity index (χ1n) is 14.9. The molecule has 1 nitrogen and oxygen atoms in total. The highest BCUT2D eigenvalue weighted by Crippen LogP contribution is 2.46. The van der Waals surface area contributed by atoms with Gasteiger partial charge in [-0.3, -0.25) is 4.99 Å². The van der Waals surface area contributed by atoms with E-state index in [1.165, 1.54) is 65.1 Å². The quantitative estimate of drug-likeness (QED) is 0.191. The van der Waals surface area contributed by atoms with E-state index in [4.69, 9.17) is 4.99 Å². The zero-order chi connectivity index (χ0) is 27.5. The summed E-state index contributed by atoms with van der Waals surface area (Å²) in [6, 6.07) is 21.0. The first kappa shape index (κ1) is 28.3. The molecule has 0 heterocycles. The Hall–Kier alpha value is -2.67. The van der Waals surface area contributed by atoms with Gasteiger partial charge in [0.25, 0.3) is 0 Å². The molecule has 1 atom stereocenters. The highest BCUT2D eigenvalue weighted by atomic mass is 14.7. The standard InChI is InChI=1S/C37H49N/c1-9-10-11-26(2)27(3)25-38-28(4)31-17-18-32-22-29(14-16-33(32)24-31)12-13-30-15-19-34-35(23-30)37(7,8)21-20-36(34,5)6/h14-19,22-24,26H,3,9-13,20-21,25H2,1-2,4-8H3/b38-28+. The fourth-order valence-electron chi connectivity index (χ4n) is 5.94. The fraction of sp³-hybridized carbons (Fsp3) is 0.486. The van der Waals surface area contributed by atoms with Crippen LogP contribution >= 0.6 is 0 Å². The molecule has 3 aromatic rings. The van der Waals surface area contributed by atoms with Gasteiger partial charge in [0.05, 0.1) is 6.54 Å². The summed E-state index contributed by atoms with van der Waals surface area (Å²) < 4.78 is 0. The Labute approximate surface area is 232 Å². The molecule has 1 unspecified atom stereocenters. The van der Waals surface area contributed by atoms with Crippen molar-refractivity contribution >= 4 is 16.5 Å². The van der Waals surface area contributed by atoms with E-state index in [0.29, 0.717) is 5.92 Å². The summed E-state index contributed by atoms with van der Waals surface area (Å²) in [7, 11) is 0. The lowest BCUT2D eigenvalue weighted by molar-refractivity contribution is 0.331. The molecule has 0 bridgehead atoms. The molecule has 0 aliphatic heterocycles. The van der Waals surface area contributed by atoms with E-state index in [9.17, 15) is 0 Å². The summed E-state index contributed by atoms with van der Waals surface area (Å²) in [5, 5.41) is 2.60. The molecule has 4 rings (SSSR count). The highest BCUT2D eigenvalue weighted by Gasteiger charge is 2.36. The Morgan fingerprint density at radius 2 is 1.45 bits per heavy atom. The molecule has 1 aliphatic rings. The number of fused-ring (bicyclic) bond motifs is 2. The number of unbranched alkanes of at least 4 members (excludes halogenated alkanes) is 1. The van der Waals surface area contributed by atoms with Gasteiger partial charge in [0.15, 0.2) is 0 Å². The van der Waals surface area contributed by atoms with E-state index in [-0.39, 0.29) is 10.8 Å². The zero-order valence-corrected chi connectivity index (χ0v) is 25.1. The summed E-state index contributed by atoms with van der Waals surface area (Å²) >= 11 is 0. The Bertz CT molecular complexity index is 1320. The van der Waals surface area contributed by atoms with Crippen LogP contribution in [0.15, 0.2) is 71.7 Å². The molecule has 0 fully saturated rings. The van der Waals surface area contributed by atoms with Gasteiger partial charge in [-0.1, -0.05) is 115 Å². The highest BCUT2D eigenvalue weighted by molar-refractivity contribution is 6.02. The Morgan fingerprint density at radius 1 is 0.842 bits per heavy atom. The minimum atomic E-state index is 0.267. The molecule has 3 aromatic carbocycles. The molecule has 0 saturated carbocycles. The van der Waals surface area contributed by atoms with E-state index >= 15 is 0 Å². The van der Waals surface area contributed by atoms with Gasteiger partial charge in [0.1, 0.15) is 0 Å². The molecule has 1 heteroatoms. The lowest BCUT2D eigenvalue weighted by Gasteiger charge is -2.42. The fourth-order valence-corrected chi connectivity index (χ4v) is 5.94. The van der Waals surface area contributed by atoms with Crippen molar-refractivity contribution in [2.75, 3.05) is 6.54 Å². The molecule has 0 amide bonds. The number of aliphatic imine (C=N–C) groups is 1. The molecule has 0 aromatic heterocycles. The summed E-state index contributed by atoms with van der Waals surface area (Å²) in [4.78, 5) is 4.88. The number of aryl methyl sites for hydroxylation is 2. The van der Waals surface area contributed by atoms with E-state index in [2.05, 4.69) is 110 Å². The molecule has 0 radical (unpaired) electrons. The maximum atomic E-state index is 4.88. The van der Waals surface area contributed by atoms with Crippen LogP contribution in [0.25, 0.3) is 10.8 Å². The monoisotopic (exact) mass is 507 g/mol. The summed E-state index contributed by atoms with van der Waals surface area (Å²) in [5.41, 5.74) is 10.1. The van der Waals surface area contributed by atoms with Crippen molar-refractivity contribution in [3.05, 3.63) is 94.6 Å². The van der Waals surface area contributed by atoms with E-state index in [0.717, 1.165) is 25.1 Å². The number of hydrogen-bond donors (Lipinski definition) is 0. The SMILES string of the molecule is C=C(C/N=C(\C)c1ccc2cc(CCc3ccc4c(c3)C(C)(C)CCC4(C)C)ccc2c1)C(C)CCCC. The first-order valence-corrected chi connectivity index (χ1v) is 14.9. The van der Waals surface area contributed by atoms with E-state index in [1.54, 1.807) is 11.1 Å². The Balaban J connectivity index is 1.43. The van der Waals surface area contributed by atoms with Crippen LogP contribution in [0.5, 0.6) is 0 Å². The number of hydrogen-bond acceptors (Lipinski definition) is 1. The average molecular weight is 508 g/mol. The topological polar surface area (TPSA) is 12.4 Å². The molecular weight excluding hydrogens is 458 g/mol. The van der Waals surface area contributed by atoms with E-state index < -0.39 is 0 Å². The van der Waals surface area contributed by atoms with Crippen LogP contribution in [0.2, 0.25) is 0 Å². The third-order valence-electron chi connectivity index (χ3n) is 9.15. The van der Waals surface area contributed by atoms with Crippen molar-refractivity contribution in [1.29, 1.82) is 0 Å². The van der Waals surface area contributed by atoms with Gasteiger partial charge in [0, 0.05) is 5.71 Å². The lowest BCUT2D eigenvalue weighted by atomic mass is 9.63. The predicted molar refractivity (Wildman–Crippen MR) is 168 cm³/mol. The molecule has 1 aliphatic carbocycles. The second-order valence-corrected chi connectivity index (χ2v) is 13.1. The van der Waals surface area contributed by atoms with Crippen molar-refractivity contribution < 1.29 is 0 Å². The molecule has 0 spiro atoms. The van der Waals surface area contributed by atoms with Crippen molar-refractivity contribution in [1.82, 2.24) is 0 Å². The molecule has 0 N–H and O–H groups in total. The predicted octanol–water partition coefficient (Wildman–Crippen LogP) is 10.2. The largest absolute Gasteiger partial charge is 0.285 e. The van der Waals surface area contributed by atoms with Gasteiger partial charge in [0.2, 0.25) is 0 Å². The second-order valence-electron chi connectivity index (χ2n) is 13.1. The Kier molecular flexibility index (Phi) is 8.65. The van der Waals surface area contributed by atoms with Gasteiger partial charge < -0.3 is 0 Å². The van der Waals surface area contributed by atoms with Crippen molar-refractivity contribution in [2.24, 2.45) is 10.9 Å². The van der Waals surface area contributed by atoms with Gasteiger partial charge in [-0.25, -0.2) is 0 Å². The van der Waals surface area contributed by atoms with Crippen molar-refractivity contribution in [3.8, 4) is 0 Å². The maximum absolute atomic E-state index is 4.88. The van der Waals surface area contributed by atoms with Gasteiger partial charge >= 0.3 is 0 Å². The number of benzene rings is 3. The van der Waals surface area contributed by atoms with Crippen LogP contribution in [0, 0.1) is 5.92 Å². The molecule has 202 valence electrons. The third-order valence-corrected chi connectivity index (χ3v) is 9.15. The van der Waals surface area contributed by atoms with Crippen LogP contribution < -0.4 is 0 Å². The van der Waals surface area contributed by atoms with Crippen LogP contribution in [0.1, 0.15) is 108 Å². The minimum Gasteiger partial charge on any atom is -0.285 e. The van der Waals surface area contributed by atoms with Gasteiger partial charge in [-0.15, -0.1) is 0 Å². The molecule has 38 heavy (non-hydrogen) atoms. The third kappa shape index (κ3) is 6.48. The molecule has 0 saturated heterocycles. The summed E-state index contributed by atoms with van der Waals surface area (Å²) in [5.74, 6) is 0.543. The maximum Gasteiger partial charge on any atom is 0.0603 e. The van der Waals surface area contributed by atoms with Gasteiger partial charge in [-0.05, 0) is 100 Å². The number of nitrogens with zero attached hydrogens (tertiary/aromatic N) is 1. The minimum absolute atomic E-state index is 0.267. The van der Waals surface area contributed by atoms with E-state index in [1.807, 2.05) is 0 Å². The zero-order valence-electron chi connectivity index (χ0n) is 25.1. The van der Waals surface area contributed by atoms with Crippen LogP contribution in [0.3, 0.4) is 0 Å². The smallest absolute Gasteiger partial charge is 0.0603 e. The normalized spacial score (nSPS) is 17.3. The second kappa shape index (κ2) is 11.6. The number of rotatable bonds is 10. The summed E-state index contributed by atoms with van der Waals surface area (Å²) in [6.07, 6.45) is 8.40. The molecular formula is C37H49N. The van der Waals surface area contributed by atoms with Gasteiger partial charge in [-0.2, -0.15) is 0 Å².